The summed E-state index contributed by atoms with van der Waals surface area (Å²) in [6.45, 7) is 6.76. The number of hydrogen-bond acceptors (Lipinski definition) is 6. The number of fused-ring (bicyclic) bond motifs is 2. The van der Waals surface area contributed by atoms with Crippen LogP contribution >= 0.6 is 11.3 Å². The first-order chi connectivity index (χ1) is 17.6. The molecule has 188 valence electrons. The SMILES string of the molecule is CC#CC(CCO)c1ccc(OCc2cnc(CN3CCC4(CC3)CN(C)c3ccccc34)s2)cc1. The molecular weight excluding hydrogens is 466 g/mol. The molecule has 3 heterocycles. The summed E-state index contributed by atoms with van der Waals surface area (Å²) in [5.41, 5.74) is 4.36. The Kier molecular flexibility index (Phi) is 7.62. The van der Waals surface area contributed by atoms with Gasteiger partial charge in [0.25, 0.3) is 0 Å². The molecule has 1 N–H and O–H groups in total. The minimum Gasteiger partial charge on any atom is -0.488 e. The Labute approximate surface area is 218 Å². The minimum atomic E-state index is 0.0621. The molecule has 1 saturated heterocycles. The number of piperidine rings is 1. The number of aromatic nitrogens is 1. The van der Waals surface area contributed by atoms with Crippen molar-refractivity contribution in [1.29, 1.82) is 0 Å². The van der Waals surface area contributed by atoms with E-state index in [1.54, 1.807) is 11.3 Å². The van der Waals surface area contributed by atoms with E-state index in [0.29, 0.717) is 18.4 Å². The first kappa shape index (κ1) is 24.8. The maximum Gasteiger partial charge on any atom is 0.124 e. The van der Waals surface area contributed by atoms with E-state index >= 15 is 0 Å². The van der Waals surface area contributed by atoms with E-state index in [-0.39, 0.29) is 12.5 Å². The zero-order valence-electron chi connectivity index (χ0n) is 21.2. The standard InChI is InChI=1S/C30H35N3O2S/c1-3-6-23(13-18-34)24-9-11-25(12-10-24)35-21-26-19-31-29(36-26)20-33-16-14-30(15-17-33)22-32(2)28-8-5-4-7-27(28)30/h4-5,7-12,19,23,34H,13-18,20-22H2,1-2H3. The Hall–Kier alpha value is -2.85. The highest BCUT2D eigenvalue weighted by atomic mass is 32.1. The highest BCUT2D eigenvalue weighted by molar-refractivity contribution is 7.11. The van der Waals surface area contributed by atoms with E-state index in [1.165, 1.54) is 24.1 Å². The molecule has 6 heteroatoms. The van der Waals surface area contributed by atoms with Crippen molar-refractivity contribution >= 4 is 17.0 Å². The fourth-order valence-electron chi connectivity index (χ4n) is 5.70. The normalized spacial score (nSPS) is 17.5. The van der Waals surface area contributed by atoms with Gasteiger partial charge in [0, 0.05) is 43.4 Å². The average Bonchev–Trinajstić information content (AvgIpc) is 3.46. The maximum absolute atomic E-state index is 9.29. The van der Waals surface area contributed by atoms with Gasteiger partial charge in [0.1, 0.15) is 17.4 Å². The highest BCUT2D eigenvalue weighted by Crippen LogP contribution is 2.46. The second kappa shape index (κ2) is 11.0. The molecule has 1 atom stereocenters. The number of likely N-dealkylation sites (N-methyl/N-ethyl adjacent to an activating group) is 1. The average molecular weight is 502 g/mol. The van der Waals surface area contributed by atoms with Gasteiger partial charge in [0.15, 0.2) is 0 Å². The van der Waals surface area contributed by atoms with Crippen molar-refractivity contribution in [2.24, 2.45) is 0 Å². The van der Waals surface area contributed by atoms with Crippen LogP contribution in [0.5, 0.6) is 5.75 Å². The number of anilines is 1. The van der Waals surface area contributed by atoms with Gasteiger partial charge in [-0.2, -0.15) is 0 Å². The zero-order chi connectivity index (χ0) is 25.0. The number of aliphatic hydroxyl groups excluding tert-OH is 1. The van der Waals surface area contributed by atoms with Crippen LogP contribution < -0.4 is 9.64 Å². The lowest BCUT2D eigenvalue weighted by molar-refractivity contribution is 0.160. The van der Waals surface area contributed by atoms with Crippen LogP contribution in [0.3, 0.4) is 0 Å². The van der Waals surface area contributed by atoms with Gasteiger partial charge in [0.2, 0.25) is 0 Å². The summed E-state index contributed by atoms with van der Waals surface area (Å²) < 4.78 is 6.02. The third-order valence-corrected chi connectivity index (χ3v) is 8.56. The third-order valence-electron chi connectivity index (χ3n) is 7.60. The summed E-state index contributed by atoms with van der Waals surface area (Å²) in [6.07, 6.45) is 5.01. The number of para-hydroxylation sites is 1. The van der Waals surface area contributed by atoms with Crippen molar-refractivity contribution in [3.63, 3.8) is 0 Å². The second-order valence-corrected chi connectivity index (χ2v) is 11.2. The van der Waals surface area contributed by atoms with Crippen molar-refractivity contribution in [1.82, 2.24) is 9.88 Å². The molecule has 5 rings (SSSR count). The van der Waals surface area contributed by atoms with Crippen molar-refractivity contribution in [2.75, 3.05) is 38.2 Å². The molecular formula is C30H35N3O2S. The Morgan fingerprint density at radius 2 is 1.92 bits per heavy atom. The molecule has 36 heavy (non-hydrogen) atoms. The van der Waals surface area contributed by atoms with E-state index in [0.717, 1.165) is 47.4 Å². The van der Waals surface area contributed by atoms with Crippen LogP contribution in [-0.2, 0) is 18.6 Å². The number of thiazole rings is 1. The Morgan fingerprint density at radius 3 is 2.67 bits per heavy atom. The number of aliphatic hydroxyl groups is 1. The third kappa shape index (κ3) is 5.29. The Bertz CT molecular complexity index is 1220. The van der Waals surface area contributed by atoms with Gasteiger partial charge in [-0.3, -0.25) is 4.90 Å². The minimum absolute atomic E-state index is 0.0621. The molecule has 2 aliphatic heterocycles. The monoisotopic (exact) mass is 501 g/mol. The summed E-state index contributed by atoms with van der Waals surface area (Å²) in [5, 5.41) is 10.4. The molecule has 1 aromatic heterocycles. The van der Waals surface area contributed by atoms with Crippen molar-refractivity contribution in [3.05, 3.63) is 75.7 Å². The molecule has 0 amide bonds. The summed E-state index contributed by atoms with van der Waals surface area (Å²) in [5.74, 6) is 7.03. The van der Waals surface area contributed by atoms with Gasteiger partial charge in [0.05, 0.1) is 11.4 Å². The number of ether oxygens (including phenoxy) is 1. The van der Waals surface area contributed by atoms with Crippen LogP contribution in [0, 0.1) is 11.8 Å². The predicted molar refractivity (Wildman–Crippen MR) is 147 cm³/mol. The number of likely N-dealkylation sites (tertiary alicyclic amines) is 1. The smallest absolute Gasteiger partial charge is 0.124 e. The molecule has 2 aromatic carbocycles. The lowest BCUT2D eigenvalue weighted by atomic mass is 9.74. The van der Waals surface area contributed by atoms with Crippen LogP contribution in [0.4, 0.5) is 5.69 Å². The molecule has 2 aliphatic rings. The van der Waals surface area contributed by atoms with Gasteiger partial charge < -0.3 is 14.7 Å². The van der Waals surface area contributed by atoms with Crippen molar-refractivity contribution in [3.8, 4) is 17.6 Å². The van der Waals surface area contributed by atoms with Gasteiger partial charge in [-0.15, -0.1) is 17.3 Å². The van der Waals surface area contributed by atoms with Crippen LogP contribution in [-0.4, -0.2) is 48.3 Å². The highest BCUT2D eigenvalue weighted by Gasteiger charge is 2.43. The molecule has 0 bridgehead atoms. The van der Waals surface area contributed by atoms with Crippen LogP contribution in [0.15, 0.2) is 54.7 Å². The van der Waals surface area contributed by atoms with Crippen molar-refractivity contribution < 1.29 is 9.84 Å². The second-order valence-electron chi connectivity index (χ2n) is 9.97. The van der Waals surface area contributed by atoms with Crippen LogP contribution in [0.1, 0.15) is 53.1 Å². The fraction of sp³-hybridized carbons (Fsp3) is 0.433. The molecule has 5 nitrogen and oxygen atoms in total. The molecule has 0 radical (unpaired) electrons. The number of rotatable bonds is 8. The van der Waals surface area contributed by atoms with Gasteiger partial charge in [-0.1, -0.05) is 36.3 Å². The number of benzene rings is 2. The van der Waals surface area contributed by atoms with E-state index in [1.807, 2.05) is 37.4 Å². The summed E-state index contributed by atoms with van der Waals surface area (Å²) >= 11 is 1.75. The Balaban J connectivity index is 1.12. The molecule has 1 spiro atoms. The Morgan fingerprint density at radius 1 is 1.14 bits per heavy atom. The molecule has 0 aliphatic carbocycles. The van der Waals surface area contributed by atoms with E-state index in [2.05, 4.69) is 57.9 Å². The number of hydrogen-bond donors (Lipinski definition) is 1. The molecule has 0 saturated carbocycles. The largest absolute Gasteiger partial charge is 0.488 e. The van der Waals surface area contributed by atoms with Gasteiger partial charge in [-0.25, -0.2) is 4.98 Å². The molecule has 1 fully saturated rings. The number of nitrogens with zero attached hydrogens (tertiary/aromatic N) is 3. The van der Waals surface area contributed by atoms with Gasteiger partial charge in [-0.05, 0) is 68.6 Å². The first-order valence-corrected chi connectivity index (χ1v) is 13.6. The van der Waals surface area contributed by atoms with E-state index in [9.17, 15) is 5.11 Å². The fourth-order valence-corrected chi connectivity index (χ4v) is 6.58. The molecule has 3 aromatic rings. The van der Waals surface area contributed by atoms with Crippen LogP contribution in [0.25, 0.3) is 0 Å². The topological polar surface area (TPSA) is 48.8 Å². The van der Waals surface area contributed by atoms with E-state index in [4.69, 9.17) is 4.74 Å². The van der Waals surface area contributed by atoms with Gasteiger partial charge >= 0.3 is 0 Å². The lowest BCUT2D eigenvalue weighted by Crippen LogP contribution is -2.44. The van der Waals surface area contributed by atoms with Crippen molar-refractivity contribution in [2.45, 2.75) is 50.7 Å². The first-order valence-electron chi connectivity index (χ1n) is 12.8. The maximum atomic E-state index is 9.29. The summed E-state index contributed by atoms with van der Waals surface area (Å²) in [4.78, 5) is 10.8. The van der Waals surface area contributed by atoms with Crippen LogP contribution in [0.2, 0.25) is 0 Å². The lowest BCUT2D eigenvalue weighted by Gasteiger charge is -2.39. The molecule has 1 unspecified atom stereocenters. The zero-order valence-corrected chi connectivity index (χ0v) is 22.1. The summed E-state index contributed by atoms with van der Waals surface area (Å²) in [7, 11) is 2.22. The predicted octanol–water partition coefficient (Wildman–Crippen LogP) is 5.20. The quantitative estimate of drug-likeness (QED) is 0.430. The van der Waals surface area contributed by atoms with E-state index < -0.39 is 0 Å². The summed E-state index contributed by atoms with van der Waals surface area (Å²) in [6, 6.07) is 17.0.